The van der Waals surface area contributed by atoms with E-state index in [1.807, 2.05) is 12.3 Å². The minimum absolute atomic E-state index is 0.0568. The lowest BCUT2D eigenvalue weighted by Crippen LogP contribution is -2.52. The van der Waals surface area contributed by atoms with Gasteiger partial charge < -0.3 is 10.1 Å². The summed E-state index contributed by atoms with van der Waals surface area (Å²) >= 11 is 1.49. The van der Waals surface area contributed by atoms with Gasteiger partial charge in [-0.05, 0) is 39.2 Å². The first-order chi connectivity index (χ1) is 10.5. The summed E-state index contributed by atoms with van der Waals surface area (Å²) in [5.74, 6) is -0.0568. The number of aromatic nitrogens is 1. The first-order valence-electron chi connectivity index (χ1n) is 7.68. The van der Waals surface area contributed by atoms with Crippen molar-refractivity contribution in [3.05, 3.63) is 23.9 Å². The fourth-order valence-corrected chi connectivity index (χ4v) is 3.32. The summed E-state index contributed by atoms with van der Waals surface area (Å²) in [6.07, 6.45) is 4.12. The van der Waals surface area contributed by atoms with Crippen LogP contribution in [0.4, 0.5) is 0 Å². The molecule has 0 saturated carbocycles. The van der Waals surface area contributed by atoms with Gasteiger partial charge >= 0.3 is 0 Å². The Kier molecular flexibility index (Phi) is 6.23. The first kappa shape index (κ1) is 17.2. The summed E-state index contributed by atoms with van der Waals surface area (Å²) in [5.41, 5.74) is 0.644. The van der Waals surface area contributed by atoms with Crippen molar-refractivity contribution in [1.82, 2.24) is 15.2 Å². The molecule has 2 rings (SSSR count). The van der Waals surface area contributed by atoms with Crippen LogP contribution in [-0.4, -0.2) is 59.9 Å². The van der Waals surface area contributed by atoms with Gasteiger partial charge in [0.1, 0.15) is 5.03 Å². The Labute approximate surface area is 136 Å². The predicted molar refractivity (Wildman–Crippen MR) is 89.4 cm³/mol. The summed E-state index contributed by atoms with van der Waals surface area (Å²) in [6.45, 7) is 8.77. The molecular weight excluding hydrogens is 298 g/mol. The number of pyridine rings is 1. The number of thioether (sulfide) groups is 1. The lowest BCUT2D eigenvalue weighted by molar-refractivity contribution is -0.0778. The molecule has 0 bridgehead atoms. The number of rotatable bonds is 5. The maximum atomic E-state index is 12.3. The molecular formula is C16H25N3O2S. The lowest BCUT2D eigenvalue weighted by Gasteiger charge is -2.39. The van der Waals surface area contributed by atoms with E-state index in [9.17, 15) is 4.79 Å². The third-order valence-corrected chi connectivity index (χ3v) is 4.55. The standard InChI is InChI=1S/C16H25N3O2S/c1-11(19-9-12(2)21-13(3)10-19)8-18-15(20)14-6-5-7-17-16(14)22-4/h5-7,11-13H,8-10H2,1-4H3,(H,18,20)/t11-,12-,13+/m0/s1. The molecule has 6 heteroatoms. The minimum atomic E-state index is -0.0568. The third-order valence-electron chi connectivity index (χ3n) is 3.84. The molecule has 1 aromatic rings. The average Bonchev–Trinajstić information content (AvgIpc) is 2.51. The Hall–Kier alpha value is -1.11. The number of carbonyl (C=O) groups is 1. The Morgan fingerprint density at radius 3 is 2.82 bits per heavy atom. The van der Waals surface area contributed by atoms with Crippen molar-refractivity contribution in [1.29, 1.82) is 0 Å². The molecule has 0 radical (unpaired) electrons. The summed E-state index contributed by atoms with van der Waals surface area (Å²) in [7, 11) is 0. The normalized spacial score (nSPS) is 24.0. The van der Waals surface area contributed by atoms with Gasteiger partial charge in [-0.25, -0.2) is 4.98 Å². The molecule has 1 amide bonds. The molecule has 0 spiro atoms. The van der Waals surface area contributed by atoms with Crippen LogP contribution in [0, 0.1) is 0 Å². The largest absolute Gasteiger partial charge is 0.373 e. The van der Waals surface area contributed by atoms with Crippen molar-refractivity contribution < 1.29 is 9.53 Å². The van der Waals surface area contributed by atoms with Crippen LogP contribution >= 0.6 is 11.8 Å². The number of hydrogen-bond acceptors (Lipinski definition) is 5. The first-order valence-corrected chi connectivity index (χ1v) is 8.90. The van der Waals surface area contributed by atoms with Crippen molar-refractivity contribution >= 4 is 17.7 Å². The van der Waals surface area contributed by atoms with E-state index in [2.05, 4.69) is 36.0 Å². The zero-order chi connectivity index (χ0) is 16.1. The highest BCUT2D eigenvalue weighted by Crippen LogP contribution is 2.17. The smallest absolute Gasteiger partial charge is 0.254 e. The summed E-state index contributed by atoms with van der Waals surface area (Å²) in [4.78, 5) is 18.9. The Balaban J connectivity index is 1.90. The second kappa shape index (κ2) is 7.94. The molecule has 1 saturated heterocycles. The summed E-state index contributed by atoms with van der Waals surface area (Å²) < 4.78 is 5.75. The van der Waals surface area contributed by atoms with Crippen LogP contribution in [0.2, 0.25) is 0 Å². The number of ether oxygens (including phenoxy) is 1. The molecule has 22 heavy (non-hydrogen) atoms. The van der Waals surface area contributed by atoms with E-state index < -0.39 is 0 Å². The van der Waals surface area contributed by atoms with E-state index in [1.165, 1.54) is 11.8 Å². The highest BCUT2D eigenvalue weighted by molar-refractivity contribution is 7.98. The average molecular weight is 323 g/mol. The predicted octanol–water partition coefficient (Wildman–Crippen LogP) is 2.03. The fraction of sp³-hybridized carbons (Fsp3) is 0.625. The zero-order valence-electron chi connectivity index (χ0n) is 13.7. The van der Waals surface area contributed by atoms with Gasteiger partial charge in [0.25, 0.3) is 5.91 Å². The van der Waals surface area contributed by atoms with E-state index in [1.54, 1.807) is 12.3 Å². The molecule has 1 N–H and O–H groups in total. The number of nitrogens with zero attached hydrogens (tertiary/aromatic N) is 2. The quantitative estimate of drug-likeness (QED) is 0.840. The number of nitrogens with one attached hydrogen (secondary N) is 1. The molecule has 1 aliphatic rings. The van der Waals surface area contributed by atoms with E-state index >= 15 is 0 Å². The van der Waals surface area contributed by atoms with Crippen LogP contribution in [0.3, 0.4) is 0 Å². The van der Waals surface area contributed by atoms with Crippen LogP contribution in [0.15, 0.2) is 23.4 Å². The fourth-order valence-electron chi connectivity index (χ4n) is 2.77. The number of carbonyl (C=O) groups excluding carboxylic acids is 1. The van der Waals surface area contributed by atoms with Gasteiger partial charge in [0.2, 0.25) is 0 Å². The van der Waals surface area contributed by atoms with E-state index in [-0.39, 0.29) is 24.2 Å². The van der Waals surface area contributed by atoms with Gasteiger partial charge in [-0.3, -0.25) is 9.69 Å². The molecule has 1 fully saturated rings. The molecule has 122 valence electrons. The van der Waals surface area contributed by atoms with Gasteiger partial charge in [-0.15, -0.1) is 11.8 Å². The Morgan fingerprint density at radius 2 is 2.18 bits per heavy atom. The summed E-state index contributed by atoms with van der Waals surface area (Å²) in [6, 6.07) is 3.90. The van der Waals surface area contributed by atoms with Gasteiger partial charge in [0, 0.05) is 31.9 Å². The minimum Gasteiger partial charge on any atom is -0.373 e. The third kappa shape index (κ3) is 4.44. The number of hydrogen-bond donors (Lipinski definition) is 1. The van der Waals surface area contributed by atoms with Crippen LogP contribution in [0.1, 0.15) is 31.1 Å². The van der Waals surface area contributed by atoms with Gasteiger partial charge in [-0.1, -0.05) is 0 Å². The number of amides is 1. The van der Waals surface area contributed by atoms with Crippen LogP contribution in [0.25, 0.3) is 0 Å². The maximum Gasteiger partial charge on any atom is 0.254 e. The molecule has 1 aliphatic heterocycles. The Bertz CT molecular complexity index is 502. The van der Waals surface area contributed by atoms with E-state index in [0.717, 1.165) is 18.1 Å². The zero-order valence-corrected chi connectivity index (χ0v) is 14.5. The van der Waals surface area contributed by atoms with Gasteiger partial charge in [0.05, 0.1) is 17.8 Å². The Morgan fingerprint density at radius 1 is 1.50 bits per heavy atom. The van der Waals surface area contributed by atoms with Crippen LogP contribution in [-0.2, 0) is 4.74 Å². The SMILES string of the molecule is CSc1ncccc1C(=O)NC[C@H](C)N1C[C@@H](C)O[C@@H](C)C1. The molecule has 2 heterocycles. The lowest BCUT2D eigenvalue weighted by atomic mass is 10.1. The molecule has 0 aromatic carbocycles. The van der Waals surface area contributed by atoms with Gasteiger partial charge in [-0.2, -0.15) is 0 Å². The van der Waals surface area contributed by atoms with Crippen LogP contribution < -0.4 is 5.32 Å². The maximum absolute atomic E-state index is 12.3. The highest BCUT2D eigenvalue weighted by Gasteiger charge is 2.26. The second-order valence-corrected chi connectivity index (χ2v) is 6.63. The molecule has 0 unspecified atom stereocenters. The van der Waals surface area contributed by atoms with E-state index in [0.29, 0.717) is 12.1 Å². The highest BCUT2D eigenvalue weighted by atomic mass is 32.2. The second-order valence-electron chi connectivity index (χ2n) is 5.83. The molecule has 5 nitrogen and oxygen atoms in total. The monoisotopic (exact) mass is 323 g/mol. The summed E-state index contributed by atoms with van der Waals surface area (Å²) in [5, 5.41) is 3.79. The number of morpholine rings is 1. The molecule has 0 aliphatic carbocycles. The van der Waals surface area contributed by atoms with Crippen molar-refractivity contribution in [3.8, 4) is 0 Å². The van der Waals surface area contributed by atoms with Gasteiger partial charge in [0.15, 0.2) is 0 Å². The van der Waals surface area contributed by atoms with E-state index in [4.69, 9.17) is 4.74 Å². The molecule has 1 aromatic heterocycles. The topological polar surface area (TPSA) is 54.5 Å². The van der Waals surface area contributed by atoms with Crippen molar-refractivity contribution in [2.75, 3.05) is 25.9 Å². The van der Waals surface area contributed by atoms with Crippen LogP contribution in [0.5, 0.6) is 0 Å². The van der Waals surface area contributed by atoms with Crippen molar-refractivity contribution in [3.63, 3.8) is 0 Å². The molecule has 3 atom stereocenters. The van der Waals surface area contributed by atoms with Crippen molar-refractivity contribution in [2.24, 2.45) is 0 Å². The van der Waals surface area contributed by atoms with Crippen molar-refractivity contribution in [2.45, 2.75) is 44.0 Å².